The molecule has 9 nitrogen and oxygen atoms in total. The van der Waals surface area contributed by atoms with Crippen molar-refractivity contribution in [2.45, 2.75) is 13.0 Å². The minimum atomic E-state index is 0.0610. The third-order valence-corrected chi connectivity index (χ3v) is 5.49. The van der Waals surface area contributed by atoms with Gasteiger partial charge >= 0.3 is 0 Å². The van der Waals surface area contributed by atoms with Crippen LogP contribution < -0.4 is 4.90 Å². The second-order valence-corrected chi connectivity index (χ2v) is 7.21. The summed E-state index contributed by atoms with van der Waals surface area (Å²) in [5.41, 5.74) is 1.79. The topological polar surface area (TPSA) is 89.0 Å². The van der Waals surface area contributed by atoms with E-state index < -0.39 is 0 Å². The third-order valence-electron chi connectivity index (χ3n) is 5.49. The standard InChI is InChI=1S/C20H22N8O/c1-14(19-24-25-20(29-19)15-6-4-3-5-7-15)27-8-10-28(11-9-27)18-16-12-23-26(2)17(16)21-13-22-18/h3-7,12-14H,8-11H2,1-2H3. The van der Waals surface area contributed by atoms with Crippen molar-refractivity contribution in [3.05, 3.63) is 48.7 Å². The largest absolute Gasteiger partial charge is 0.419 e. The molecule has 4 heterocycles. The maximum absolute atomic E-state index is 5.95. The Balaban J connectivity index is 1.29. The predicted molar refractivity (Wildman–Crippen MR) is 108 cm³/mol. The van der Waals surface area contributed by atoms with E-state index in [1.807, 2.05) is 43.6 Å². The molecule has 3 aromatic heterocycles. The Hall–Kier alpha value is -3.33. The Bertz CT molecular complexity index is 1110. The minimum Gasteiger partial charge on any atom is -0.419 e. The van der Waals surface area contributed by atoms with E-state index in [2.05, 4.69) is 42.0 Å². The summed E-state index contributed by atoms with van der Waals surface area (Å²) in [6, 6.07) is 9.91. The molecule has 1 unspecified atom stereocenters. The van der Waals surface area contributed by atoms with Gasteiger partial charge in [0, 0.05) is 38.8 Å². The average Bonchev–Trinajstić information content (AvgIpc) is 3.42. The van der Waals surface area contributed by atoms with E-state index in [1.165, 1.54) is 0 Å². The lowest BCUT2D eigenvalue weighted by Gasteiger charge is -2.37. The molecule has 5 rings (SSSR count). The molecule has 1 aromatic carbocycles. The Morgan fingerprint density at radius 2 is 1.79 bits per heavy atom. The van der Waals surface area contributed by atoms with Crippen LogP contribution in [0.1, 0.15) is 18.9 Å². The van der Waals surface area contributed by atoms with Crippen LogP contribution in [-0.2, 0) is 7.05 Å². The number of anilines is 1. The van der Waals surface area contributed by atoms with E-state index in [-0.39, 0.29) is 6.04 Å². The normalized spacial score (nSPS) is 16.4. The summed E-state index contributed by atoms with van der Waals surface area (Å²) >= 11 is 0. The fourth-order valence-corrected chi connectivity index (χ4v) is 3.78. The van der Waals surface area contributed by atoms with Crippen molar-refractivity contribution in [3.63, 3.8) is 0 Å². The summed E-state index contributed by atoms with van der Waals surface area (Å²) in [6.07, 6.45) is 3.45. The molecule has 29 heavy (non-hydrogen) atoms. The third kappa shape index (κ3) is 3.23. The van der Waals surface area contributed by atoms with Gasteiger partial charge in [0.2, 0.25) is 11.8 Å². The molecule has 1 atom stereocenters. The molecule has 0 bridgehead atoms. The molecule has 1 saturated heterocycles. The fourth-order valence-electron chi connectivity index (χ4n) is 3.78. The molecular weight excluding hydrogens is 368 g/mol. The van der Waals surface area contributed by atoms with Gasteiger partial charge in [0.25, 0.3) is 0 Å². The predicted octanol–water partition coefficient (Wildman–Crippen LogP) is 2.30. The molecule has 0 aliphatic carbocycles. The lowest BCUT2D eigenvalue weighted by atomic mass is 10.2. The summed E-state index contributed by atoms with van der Waals surface area (Å²) < 4.78 is 7.72. The van der Waals surface area contributed by atoms with Crippen molar-refractivity contribution < 1.29 is 4.42 Å². The molecular formula is C20H22N8O. The fraction of sp³-hybridized carbons (Fsp3) is 0.350. The average molecular weight is 390 g/mol. The second kappa shape index (κ2) is 7.25. The number of piperazine rings is 1. The Labute approximate surface area is 168 Å². The quantitative estimate of drug-likeness (QED) is 0.524. The summed E-state index contributed by atoms with van der Waals surface area (Å²) in [4.78, 5) is 13.5. The lowest BCUT2D eigenvalue weighted by molar-refractivity contribution is 0.173. The Morgan fingerprint density at radius 3 is 2.59 bits per heavy atom. The first kappa shape index (κ1) is 17.7. The number of hydrogen-bond donors (Lipinski definition) is 0. The van der Waals surface area contributed by atoms with Gasteiger partial charge in [-0.2, -0.15) is 5.10 Å². The van der Waals surface area contributed by atoms with Crippen LogP contribution >= 0.6 is 0 Å². The molecule has 148 valence electrons. The number of aryl methyl sites for hydroxylation is 1. The van der Waals surface area contributed by atoms with Crippen LogP contribution in [0, 0.1) is 0 Å². The molecule has 4 aromatic rings. The van der Waals surface area contributed by atoms with Crippen LogP contribution in [0.5, 0.6) is 0 Å². The molecule has 0 N–H and O–H groups in total. The zero-order valence-corrected chi connectivity index (χ0v) is 16.4. The van der Waals surface area contributed by atoms with Crippen molar-refractivity contribution in [1.82, 2.24) is 34.8 Å². The first-order valence-electron chi connectivity index (χ1n) is 9.71. The van der Waals surface area contributed by atoms with E-state index >= 15 is 0 Å². The number of rotatable bonds is 4. The van der Waals surface area contributed by atoms with E-state index in [0.717, 1.165) is 48.6 Å². The molecule has 1 aliphatic heterocycles. The second-order valence-electron chi connectivity index (χ2n) is 7.21. The van der Waals surface area contributed by atoms with Crippen molar-refractivity contribution in [1.29, 1.82) is 0 Å². The SMILES string of the molecule is CC(c1nnc(-c2ccccc2)o1)N1CCN(c2ncnc3c2cnn3C)CC1. The van der Waals surface area contributed by atoms with E-state index in [4.69, 9.17) is 4.42 Å². The zero-order chi connectivity index (χ0) is 19.8. The van der Waals surface area contributed by atoms with Gasteiger partial charge in [-0.25, -0.2) is 9.97 Å². The number of nitrogens with zero attached hydrogens (tertiary/aromatic N) is 8. The van der Waals surface area contributed by atoms with Crippen LogP contribution in [0.2, 0.25) is 0 Å². The summed E-state index contributed by atoms with van der Waals surface area (Å²) in [5.74, 6) is 2.15. The molecule has 0 saturated carbocycles. The smallest absolute Gasteiger partial charge is 0.247 e. The highest BCUT2D eigenvalue weighted by Crippen LogP contribution is 2.27. The van der Waals surface area contributed by atoms with Crippen LogP contribution in [0.25, 0.3) is 22.5 Å². The van der Waals surface area contributed by atoms with Gasteiger partial charge in [0.15, 0.2) is 5.65 Å². The number of benzene rings is 1. The molecule has 0 radical (unpaired) electrons. The van der Waals surface area contributed by atoms with Crippen LogP contribution in [0.4, 0.5) is 5.82 Å². The van der Waals surface area contributed by atoms with Crippen molar-refractivity contribution in [3.8, 4) is 11.5 Å². The van der Waals surface area contributed by atoms with Gasteiger partial charge in [0.05, 0.1) is 17.6 Å². The first-order valence-corrected chi connectivity index (χ1v) is 9.71. The maximum atomic E-state index is 5.95. The highest BCUT2D eigenvalue weighted by Gasteiger charge is 2.27. The van der Waals surface area contributed by atoms with Crippen LogP contribution in [0.15, 0.2) is 47.3 Å². The maximum Gasteiger partial charge on any atom is 0.247 e. The van der Waals surface area contributed by atoms with E-state index in [0.29, 0.717) is 11.8 Å². The molecule has 1 aliphatic rings. The van der Waals surface area contributed by atoms with Crippen LogP contribution in [-0.4, -0.2) is 61.0 Å². The summed E-state index contributed by atoms with van der Waals surface area (Å²) in [5, 5.41) is 13.8. The molecule has 9 heteroatoms. The van der Waals surface area contributed by atoms with Gasteiger partial charge in [-0.15, -0.1) is 10.2 Å². The van der Waals surface area contributed by atoms with Crippen molar-refractivity contribution in [2.24, 2.45) is 7.05 Å². The van der Waals surface area contributed by atoms with Crippen molar-refractivity contribution in [2.75, 3.05) is 31.1 Å². The van der Waals surface area contributed by atoms with Gasteiger partial charge < -0.3 is 9.32 Å². The van der Waals surface area contributed by atoms with Gasteiger partial charge in [-0.05, 0) is 19.1 Å². The molecule has 0 amide bonds. The Morgan fingerprint density at radius 1 is 1.00 bits per heavy atom. The first-order chi connectivity index (χ1) is 14.2. The highest BCUT2D eigenvalue weighted by molar-refractivity contribution is 5.86. The van der Waals surface area contributed by atoms with Gasteiger partial charge in [-0.1, -0.05) is 18.2 Å². The number of fused-ring (bicyclic) bond motifs is 1. The summed E-state index contributed by atoms with van der Waals surface area (Å²) in [7, 11) is 1.90. The summed E-state index contributed by atoms with van der Waals surface area (Å²) in [6.45, 7) is 5.62. The monoisotopic (exact) mass is 390 g/mol. The highest BCUT2D eigenvalue weighted by atomic mass is 16.4. The van der Waals surface area contributed by atoms with Gasteiger partial charge in [-0.3, -0.25) is 9.58 Å². The van der Waals surface area contributed by atoms with Crippen molar-refractivity contribution >= 4 is 16.9 Å². The number of aromatic nitrogens is 6. The van der Waals surface area contributed by atoms with Crippen LogP contribution in [0.3, 0.4) is 0 Å². The molecule has 0 spiro atoms. The minimum absolute atomic E-state index is 0.0610. The molecule has 1 fully saturated rings. The van der Waals surface area contributed by atoms with E-state index in [9.17, 15) is 0 Å². The number of hydrogen-bond acceptors (Lipinski definition) is 8. The van der Waals surface area contributed by atoms with E-state index in [1.54, 1.807) is 11.0 Å². The zero-order valence-electron chi connectivity index (χ0n) is 16.4. The van der Waals surface area contributed by atoms with Gasteiger partial charge in [0.1, 0.15) is 12.1 Å². The Kier molecular flexibility index (Phi) is 4.44. The lowest BCUT2D eigenvalue weighted by Crippen LogP contribution is -2.47.